The molecule has 0 amide bonds. The first-order valence-electron chi connectivity index (χ1n) is 10.9. The van der Waals surface area contributed by atoms with Crippen molar-refractivity contribution in [2.24, 2.45) is 16.8 Å². The number of nitrogens with one attached hydrogen (secondary N) is 1. The lowest BCUT2D eigenvalue weighted by molar-refractivity contribution is 0.00778. The lowest BCUT2D eigenvalue weighted by atomic mass is 10.0. The zero-order valence-electron chi connectivity index (χ0n) is 19.0. The predicted octanol–water partition coefficient (Wildman–Crippen LogP) is 1.87. The van der Waals surface area contributed by atoms with Gasteiger partial charge in [0.1, 0.15) is 18.2 Å². The van der Waals surface area contributed by atoms with Crippen molar-refractivity contribution >= 4 is 56.4 Å². The summed E-state index contributed by atoms with van der Waals surface area (Å²) in [7, 11) is -4.21. The van der Waals surface area contributed by atoms with Gasteiger partial charge in [0, 0.05) is 22.7 Å². The molecule has 37 heavy (non-hydrogen) atoms. The smallest absolute Gasteiger partial charge is 0.333 e. The second-order valence-corrected chi connectivity index (χ2v) is 11.8. The molecule has 1 aliphatic rings. The summed E-state index contributed by atoms with van der Waals surface area (Å²) in [6.45, 7) is -0.409. The van der Waals surface area contributed by atoms with Crippen molar-refractivity contribution in [3.63, 3.8) is 0 Å². The van der Waals surface area contributed by atoms with Gasteiger partial charge in [0.15, 0.2) is 0 Å². The molecule has 1 fully saturated rings. The van der Waals surface area contributed by atoms with Gasteiger partial charge in [-0.2, -0.15) is 8.42 Å². The fourth-order valence-corrected chi connectivity index (χ4v) is 5.99. The van der Waals surface area contributed by atoms with Gasteiger partial charge >= 0.3 is 10.3 Å². The maximum absolute atomic E-state index is 13.4. The van der Waals surface area contributed by atoms with Gasteiger partial charge in [-0.3, -0.25) is 8.98 Å². The first kappa shape index (κ1) is 27.8. The lowest BCUT2D eigenvalue weighted by Gasteiger charge is -2.19. The normalized spacial score (nSPS) is 22.6. The monoisotopic (exact) mass is 587 g/mol. The minimum absolute atomic E-state index is 0.106. The Balaban J connectivity index is 1.54. The number of carbonyl (C=O) groups excluding carboxylic acids is 1. The van der Waals surface area contributed by atoms with Crippen molar-refractivity contribution < 1.29 is 27.6 Å². The van der Waals surface area contributed by atoms with Crippen LogP contribution in [0.2, 0.25) is 9.36 Å². The third-order valence-corrected chi connectivity index (χ3v) is 8.09. The van der Waals surface area contributed by atoms with E-state index in [2.05, 4.69) is 19.5 Å². The molecule has 0 bridgehead atoms. The Morgan fingerprint density at radius 1 is 1.27 bits per heavy atom. The van der Waals surface area contributed by atoms with Gasteiger partial charge in [0.2, 0.25) is 5.78 Å². The van der Waals surface area contributed by atoms with E-state index in [1.807, 2.05) is 6.07 Å². The number of aromatic nitrogens is 2. The van der Waals surface area contributed by atoms with Crippen LogP contribution in [0.5, 0.6) is 0 Å². The second-order valence-electron chi connectivity index (χ2n) is 8.49. The molecular weight excluding hydrogens is 565 g/mol. The van der Waals surface area contributed by atoms with Crippen LogP contribution in [0.15, 0.2) is 42.9 Å². The summed E-state index contributed by atoms with van der Waals surface area (Å²) in [4.78, 5) is 21.8. The van der Waals surface area contributed by atoms with E-state index >= 15 is 0 Å². The number of hydrogen-bond donors (Lipinski definition) is 5. The molecule has 0 saturated heterocycles. The molecule has 1 unspecified atom stereocenters. The number of nitrogens with zero attached hydrogens (tertiary/aromatic N) is 2. The highest BCUT2D eigenvalue weighted by Crippen LogP contribution is 2.36. The lowest BCUT2D eigenvalue weighted by Crippen LogP contribution is -2.36. The number of benzene rings is 1. The van der Waals surface area contributed by atoms with Gasteiger partial charge in [-0.15, -0.1) is 11.3 Å². The fourth-order valence-electron chi connectivity index (χ4n) is 4.12. The van der Waals surface area contributed by atoms with E-state index < -0.39 is 52.9 Å². The number of anilines is 1. The Kier molecular flexibility index (Phi) is 8.48. The molecule has 0 aliphatic heterocycles. The molecule has 7 N–H and O–H groups in total. The molecule has 11 nitrogen and oxygen atoms in total. The first-order chi connectivity index (χ1) is 17.4. The number of thiophene rings is 1. The fraction of sp³-hybridized carbons (Fsp3) is 0.318. The zero-order chi connectivity index (χ0) is 26.9. The molecule has 4 rings (SSSR count). The summed E-state index contributed by atoms with van der Waals surface area (Å²) < 4.78 is 27.1. The van der Waals surface area contributed by atoms with Crippen molar-refractivity contribution in [2.45, 2.75) is 30.7 Å². The molecule has 3 aromatic rings. The minimum atomic E-state index is -4.21. The third-order valence-electron chi connectivity index (χ3n) is 6.01. The van der Waals surface area contributed by atoms with Gasteiger partial charge in [-0.25, -0.2) is 15.1 Å². The first-order valence-corrected chi connectivity index (χ1v) is 13.9. The van der Waals surface area contributed by atoms with Crippen molar-refractivity contribution in [3.05, 3.63) is 73.8 Å². The van der Waals surface area contributed by atoms with Crippen LogP contribution in [0.4, 0.5) is 5.82 Å². The quantitative estimate of drug-likeness (QED) is 0.231. The van der Waals surface area contributed by atoms with Crippen molar-refractivity contribution in [2.75, 3.05) is 11.9 Å². The van der Waals surface area contributed by atoms with Crippen LogP contribution >= 0.6 is 34.5 Å². The predicted molar refractivity (Wildman–Crippen MR) is 139 cm³/mol. The van der Waals surface area contributed by atoms with Crippen LogP contribution in [0.3, 0.4) is 0 Å². The number of aliphatic hydroxyl groups excluding tert-OH is 2. The minimum Gasteiger partial charge on any atom is -0.390 e. The van der Waals surface area contributed by atoms with Crippen LogP contribution in [0.25, 0.3) is 0 Å². The number of ketones is 1. The Labute approximate surface area is 226 Å². The van der Waals surface area contributed by atoms with E-state index in [0.717, 1.165) is 16.9 Å². The Morgan fingerprint density at radius 2 is 2.03 bits per heavy atom. The number of halogens is 2. The van der Waals surface area contributed by atoms with Crippen LogP contribution in [0, 0.1) is 5.92 Å². The number of nitrogens with two attached hydrogens (primary N) is 2. The molecule has 1 aromatic carbocycles. The number of carbonyl (C=O) groups is 1. The summed E-state index contributed by atoms with van der Waals surface area (Å²) in [5.41, 5.74) is 7.76. The second kappa shape index (κ2) is 11.3. The van der Waals surface area contributed by atoms with E-state index in [1.54, 1.807) is 24.3 Å². The molecule has 0 spiro atoms. The topological polar surface area (TPSA) is 191 Å². The van der Waals surface area contributed by atoms with Crippen LogP contribution in [-0.4, -0.2) is 59.2 Å². The Bertz CT molecular complexity index is 1410. The standard InChI is InChI=1S/C22H23Cl2N5O6S2/c23-12-3-1-2-10(4-12)17(25)13-6-16(36-21(13)24)19(31)14-7-27-9-28-22(14)29-15-5-11(18(30)20(15)32)8-35-37(26,33)34/h1-4,6-7,9,11,15,17-18,20,30,32H,5,8,25H2,(H2,26,33,34)(H,27,28,29)/t11-,15?,17+,18-,20+/m1/s1. The highest BCUT2D eigenvalue weighted by molar-refractivity contribution is 7.84. The Morgan fingerprint density at radius 3 is 2.73 bits per heavy atom. The highest BCUT2D eigenvalue weighted by atomic mass is 35.5. The van der Waals surface area contributed by atoms with Crippen molar-refractivity contribution in [1.29, 1.82) is 0 Å². The molecule has 2 aromatic heterocycles. The molecule has 1 aliphatic carbocycles. The average molecular weight is 588 g/mol. The summed E-state index contributed by atoms with van der Waals surface area (Å²) in [6, 6.07) is 7.25. The molecule has 1 saturated carbocycles. The number of rotatable bonds is 9. The van der Waals surface area contributed by atoms with E-state index in [-0.39, 0.29) is 17.8 Å². The average Bonchev–Trinajstić information content (AvgIpc) is 3.36. The SMILES string of the molecule is N[C@@H](c1cccc(Cl)c1)c1cc(C(=O)c2cncnc2NC2C[C@H](COS(N)(=O)=O)[C@@H](O)[C@H]2O)sc1Cl. The van der Waals surface area contributed by atoms with Gasteiger partial charge in [-0.05, 0) is 30.2 Å². The highest BCUT2D eigenvalue weighted by Gasteiger charge is 2.42. The van der Waals surface area contributed by atoms with E-state index in [0.29, 0.717) is 19.8 Å². The molecule has 15 heteroatoms. The largest absolute Gasteiger partial charge is 0.390 e. The van der Waals surface area contributed by atoms with Gasteiger partial charge in [0.25, 0.3) is 0 Å². The van der Waals surface area contributed by atoms with E-state index in [9.17, 15) is 23.4 Å². The van der Waals surface area contributed by atoms with Crippen molar-refractivity contribution in [3.8, 4) is 0 Å². The third kappa shape index (κ3) is 6.45. The van der Waals surface area contributed by atoms with Gasteiger partial charge in [-0.1, -0.05) is 35.3 Å². The molecule has 5 atom stereocenters. The number of hydrogen-bond acceptors (Lipinski definition) is 11. The maximum atomic E-state index is 13.4. The molecule has 2 heterocycles. The van der Waals surface area contributed by atoms with Crippen LogP contribution < -0.4 is 16.2 Å². The maximum Gasteiger partial charge on any atom is 0.333 e. The summed E-state index contributed by atoms with van der Waals surface area (Å²) in [5.74, 6) is -1.03. The molecule has 0 radical (unpaired) electrons. The molecular formula is C22H23Cl2N5O6S2. The number of aliphatic hydroxyl groups is 2. The molecule has 198 valence electrons. The van der Waals surface area contributed by atoms with Gasteiger partial charge < -0.3 is 21.3 Å². The van der Waals surface area contributed by atoms with Gasteiger partial charge in [0.05, 0.1) is 39.6 Å². The summed E-state index contributed by atoms with van der Waals surface area (Å²) >= 11 is 13.6. The Hall–Kier alpha value is -2.20. The van der Waals surface area contributed by atoms with E-state index in [4.69, 9.17) is 34.1 Å². The van der Waals surface area contributed by atoms with Crippen molar-refractivity contribution in [1.82, 2.24) is 9.97 Å². The van der Waals surface area contributed by atoms with Crippen LogP contribution in [-0.2, 0) is 14.5 Å². The van der Waals surface area contributed by atoms with Crippen LogP contribution in [0.1, 0.15) is 38.8 Å². The summed E-state index contributed by atoms with van der Waals surface area (Å²) in [6.07, 6.45) is 0.0953. The summed E-state index contributed by atoms with van der Waals surface area (Å²) in [5, 5.41) is 29.1. The van der Waals surface area contributed by atoms with E-state index in [1.165, 1.54) is 12.5 Å². The zero-order valence-corrected chi connectivity index (χ0v) is 22.1.